The molecule has 0 saturated heterocycles. The molecule has 0 bridgehead atoms. The van der Waals surface area contributed by atoms with Crippen LogP contribution < -0.4 is 5.84 Å². The smallest absolute Gasteiger partial charge is 0.335 e. The topological polar surface area (TPSA) is 94.0 Å². The van der Waals surface area contributed by atoms with Crippen molar-refractivity contribution in [3.05, 3.63) is 76.1 Å². The molecule has 0 aliphatic carbocycles. The number of nitrogens with zero attached hydrogens (tertiary/aromatic N) is 3. The van der Waals surface area contributed by atoms with Gasteiger partial charge in [-0.25, -0.2) is 9.47 Å². The minimum absolute atomic E-state index is 0.274. The monoisotopic (exact) mass is 368 g/mol. The molecular formula is C19H20N4O2S. The van der Waals surface area contributed by atoms with Crippen molar-refractivity contribution in [3.8, 4) is 0 Å². The molecule has 0 radical (unpaired) electrons. The van der Waals surface area contributed by atoms with E-state index in [0.717, 1.165) is 11.1 Å². The number of hydrogen-bond acceptors (Lipinski definition) is 5. The molecule has 0 atom stereocenters. The molecular weight excluding hydrogens is 348 g/mol. The number of rotatable bonds is 6. The van der Waals surface area contributed by atoms with Crippen LogP contribution in [0.25, 0.3) is 0 Å². The minimum atomic E-state index is -0.929. The summed E-state index contributed by atoms with van der Waals surface area (Å²) in [5.74, 6) is 6.55. The number of aromatic nitrogens is 3. The van der Waals surface area contributed by atoms with Crippen molar-refractivity contribution >= 4 is 17.7 Å². The third-order valence-corrected chi connectivity index (χ3v) is 5.25. The Hall–Kier alpha value is -2.80. The molecule has 0 spiro atoms. The van der Waals surface area contributed by atoms with Crippen LogP contribution in [-0.2, 0) is 12.2 Å². The first-order valence-corrected chi connectivity index (χ1v) is 9.13. The predicted octanol–water partition coefficient (Wildman–Crippen LogP) is 3.19. The van der Waals surface area contributed by atoms with Crippen LogP contribution in [0.1, 0.15) is 38.4 Å². The van der Waals surface area contributed by atoms with E-state index in [-0.39, 0.29) is 5.56 Å². The second kappa shape index (κ2) is 7.61. The fourth-order valence-electron chi connectivity index (χ4n) is 2.51. The summed E-state index contributed by atoms with van der Waals surface area (Å²) in [4.78, 5) is 10.9. The molecule has 0 aliphatic heterocycles. The van der Waals surface area contributed by atoms with Crippen LogP contribution in [0.3, 0.4) is 0 Å². The van der Waals surface area contributed by atoms with Gasteiger partial charge in [-0.1, -0.05) is 42.1 Å². The molecule has 6 nitrogen and oxygen atoms in total. The standard InChI is InChI=1S/C19H20N4O2S/c1-12-3-4-15(9-13(12)2)10-17-21-22-19(23(17)20)26-11-14-5-7-16(8-6-14)18(24)25/h3-9H,10-11,20H2,1-2H3,(H,24,25). The number of nitrogens with two attached hydrogens (primary N) is 1. The molecule has 3 N–H and O–H groups in total. The Morgan fingerprint density at radius 3 is 2.42 bits per heavy atom. The van der Waals surface area contributed by atoms with Crippen LogP contribution in [0.15, 0.2) is 47.6 Å². The van der Waals surface area contributed by atoms with Crippen LogP contribution in [-0.4, -0.2) is 25.9 Å². The highest BCUT2D eigenvalue weighted by Gasteiger charge is 2.12. The number of carbonyl (C=O) groups is 1. The molecule has 0 amide bonds. The van der Waals surface area contributed by atoms with Gasteiger partial charge in [0.1, 0.15) is 0 Å². The Morgan fingerprint density at radius 1 is 1.08 bits per heavy atom. The minimum Gasteiger partial charge on any atom is -0.478 e. The van der Waals surface area contributed by atoms with E-state index in [1.807, 2.05) is 0 Å². The largest absolute Gasteiger partial charge is 0.478 e. The molecule has 0 saturated carbocycles. The second-order valence-electron chi connectivity index (χ2n) is 6.15. The fraction of sp³-hybridized carbons (Fsp3) is 0.211. The summed E-state index contributed by atoms with van der Waals surface area (Å²) < 4.78 is 1.52. The third kappa shape index (κ3) is 4.05. The number of carboxylic acids is 1. The SMILES string of the molecule is Cc1ccc(Cc2nnc(SCc3ccc(C(=O)O)cc3)n2N)cc1C. The zero-order valence-electron chi connectivity index (χ0n) is 14.6. The van der Waals surface area contributed by atoms with Crippen molar-refractivity contribution in [1.29, 1.82) is 0 Å². The van der Waals surface area contributed by atoms with E-state index in [4.69, 9.17) is 10.9 Å². The maximum Gasteiger partial charge on any atom is 0.335 e. The summed E-state index contributed by atoms with van der Waals surface area (Å²) in [6.07, 6.45) is 0.624. The lowest BCUT2D eigenvalue weighted by molar-refractivity contribution is 0.0697. The van der Waals surface area contributed by atoms with E-state index < -0.39 is 5.97 Å². The number of aromatic carboxylic acids is 1. The van der Waals surface area contributed by atoms with Gasteiger partial charge in [0, 0.05) is 12.2 Å². The number of carboxylic acid groups (broad SMARTS) is 1. The zero-order valence-corrected chi connectivity index (χ0v) is 15.5. The highest BCUT2D eigenvalue weighted by molar-refractivity contribution is 7.98. The van der Waals surface area contributed by atoms with Gasteiger partial charge in [0.05, 0.1) is 5.56 Å². The van der Waals surface area contributed by atoms with Crippen molar-refractivity contribution in [2.24, 2.45) is 0 Å². The lowest BCUT2D eigenvalue weighted by Crippen LogP contribution is -2.14. The zero-order chi connectivity index (χ0) is 18.7. The molecule has 0 unspecified atom stereocenters. The maximum atomic E-state index is 10.9. The molecule has 0 aliphatic rings. The van der Waals surface area contributed by atoms with Crippen molar-refractivity contribution in [2.75, 3.05) is 5.84 Å². The number of benzene rings is 2. The second-order valence-corrected chi connectivity index (χ2v) is 7.10. The maximum absolute atomic E-state index is 10.9. The fourth-order valence-corrected chi connectivity index (χ4v) is 3.34. The van der Waals surface area contributed by atoms with E-state index in [1.54, 1.807) is 24.3 Å². The summed E-state index contributed by atoms with van der Waals surface area (Å²) in [6, 6.07) is 13.1. The van der Waals surface area contributed by atoms with Crippen LogP contribution >= 0.6 is 11.8 Å². The highest BCUT2D eigenvalue weighted by atomic mass is 32.2. The highest BCUT2D eigenvalue weighted by Crippen LogP contribution is 2.22. The van der Waals surface area contributed by atoms with Crippen molar-refractivity contribution in [2.45, 2.75) is 31.2 Å². The Kier molecular flexibility index (Phi) is 5.27. The van der Waals surface area contributed by atoms with E-state index >= 15 is 0 Å². The predicted molar refractivity (Wildman–Crippen MR) is 102 cm³/mol. The van der Waals surface area contributed by atoms with Crippen molar-refractivity contribution < 1.29 is 9.90 Å². The van der Waals surface area contributed by atoms with Gasteiger partial charge in [-0.15, -0.1) is 10.2 Å². The molecule has 0 fully saturated rings. The normalized spacial score (nSPS) is 10.8. The Bertz CT molecular complexity index is 935. The van der Waals surface area contributed by atoms with Gasteiger partial charge < -0.3 is 10.9 Å². The van der Waals surface area contributed by atoms with Crippen LogP contribution in [0.5, 0.6) is 0 Å². The molecule has 134 valence electrons. The summed E-state index contributed by atoms with van der Waals surface area (Å²) in [5, 5.41) is 17.9. The van der Waals surface area contributed by atoms with Gasteiger partial charge in [0.25, 0.3) is 0 Å². The summed E-state index contributed by atoms with van der Waals surface area (Å²) in [5.41, 5.74) is 4.92. The molecule has 26 heavy (non-hydrogen) atoms. The first-order valence-electron chi connectivity index (χ1n) is 8.14. The molecule has 1 heterocycles. The molecule has 3 rings (SSSR count). The van der Waals surface area contributed by atoms with E-state index in [2.05, 4.69) is 42.2 Å². The van der Waals surface area contributed by atoms with Gasteiger partial charge in [0.2, 0.25) is 5.16 Å². The lowest BCUT2D eigenvalue weighted by Gasteiger charge is -2.06. The first-order chi connectivity index (χ1) is 12.4. The molecule has 7 heteroatoms. The molecule has 2 aromatic carbocycles. The average molecular weight is 368 g/mol. The average Bonchev–Trinajstić information content (AvgIpc) is 2.96. The van der Waals surface area contributed by atoms with Gasteiger partial charge in [-0.3, -0.25) is 0 Å². The number of thioether (sulfide) groups is 1. The number of nitrogen functional groups attached to an aromatic ring is 1. The Balaban J connectivity index is 1.66. The van der Waals surface area contributed by atoms with Gasteiger partial charge >= 0.3 is 5.97 Å². The Morgan fingerprint density at radius 2 is 1.77 bits per heavy atom. The molecule has 3 aromatic rings. The lowest BCUT2D eigenvalue weighted by atomic mass is 10.0. The van der Waals surface area contributed by atoms with Gasteiger partial charge in [0.15, 0.2) is 5.82 Å². The summed E-state index contributed by atoms with van der Waals surface area (Å²) in [7, 11) is 0. The van der Waals surface area contributed by atoms with Crippen LogP contribution in [0, 0.1) is 13.8 Å². The van der Waals surface area contributed by atoms with Crippen molar-refractivity contribution in [3.63, 3.8) is 0 Å². The van der Waals surface area contributed by atoms with Crippen LogP contribution in [0.2, 0.25) is 0 Å². The van der Waals surface area contributed by atoms with E-state index in [1.165, 1.54) is 27.6 Å². The van der Waals surface area contributed by atoms with Crippen molar-refractivity contribution in [1.82, 2.24) is 14.9 Å². The number of hydrogen-bond donors (Lipinski definition) is 2. The summed E-state index contributed by atoms with van der Waals surface area (Å²) in [6.45, 7) is 4.17. The Labute approximate surface area is 156 Å². The number of aryl methyl sites for hydroxylation is 2. The first kappa shape index (κ1) is 18.0. The quantitative estimate of drug-likeness (QED) is 0.513. The van der Waals surface area contributed by atoms with Gasteiger partial charge in [-0.2, -0.15) is 0 Å². The van der Waals surface area contributed by atoms with E-state index in [0.29, 0.717) is 23.2 Å². The summed E-state index contributed by atoms with van der Waals surface area (Å²) >= 11 is 1.47. The third-order valence-electron chi connectivity index (χ3n) is 4.24. The molecule has 1 aromatic heterocycles. The van der Waals surface area contributed by atoms with Crippen LogP contribution in [0.4, 0.5) is 0 Å². The van der Waals surface area contributed by atoms with E-state index in [9.17, 15) is 4.79 Å². The van der Waals surface area contributed by atoms with Gasteiger partial charge in [-0.05, 0) is 48.2 Å².